The summed E-state index contributed by atoms with van der Waals surface area (Å²) in [7, 11) is 0. The van der Waals surface area contributed by atoms with Crippen LogP contribution in [0.3, 0.4) is 0 Å². The number of hydrogen-bond acceptors (Lipinski definition) is 7. The van der Waals surface area contributed by atoms with Gasteiger partial charge in [0.2, 0.25) is 6.29 Å². The molecule has 5 atom stereocenters. The summed E-state index contributed by atoms with van der Waals surface area (Å²) in [5.41, 5.74) is 1.95. The second-order valence-corrected chi connectivity index (χ2v) is 7.79. The van der Waals surface area contributed by atoms with E-state index in [0.717, 1.165) is 11.1 Å². The molecule has 1 aliphatic rings. The van der Waals surface area contributed by atoms with Crippen molar-refractivity contribution in [2.45, 2.75) is 51.7 Å². The monoisotopic (exact) mass is 454 g/mol. The van der Waals surface area contributed by atoms with E-state index in [4.69, 9.17) is 23.7 Å². The molecule has 0 saturated carbocycles. The molecule has 1 saturated heterocycles. The molecule has 7 heteroatoms. The Morgan fingerprint density at radius 1 is 0.879 bits per heavy atom. The van der Waals surface area contributed by atoms with Gasteiger partial charge in [0.05, 0.1) is 19.3 Å². The highest BCUT2D eigenvalue weighted by atomic mass is 16.7. The summed E-state index contributed by atoms with van der Waals surface area (Å²) in [6, 6.07) is 19.4. The van der Waals surface area contributed by atoms with Crippen LogP contribution >= 0.6 is 0 Å². The summed E-state index contributed by atoms with van der Waals surface area (Å²) in [4.78, 5) is 23.2. The van der Waals surface area contributed by atoms with Crippen molar-refractivity contribution in [2.24, 2.45) is 5.92 Å². The Labute approximate surface area is 194 Å². The summed E-state index contributed by atoms with van der Waals surface area (Å²) in [6.07, 6.45) is -1.19. The standard InChI is InChI=1S/C26H30O7/c1-4-22-24(30-15-20-11-7-5-8-12-20)23(17-29-18(2)27)33-26(32-19(3)28)25(22)31-16-21-13-9-6-10-14-21/h4-14,22-26H,1,15-17H2,2-3H3/t22-,23+,24-,25-,26-/m0/s1. The van der Waals surface area contributed by atoms with E-state index in [-0.39, 0.29) is 13.2 Å². The zero-order valence-electron chi connectivity index (χ0n) is 18.9. The second kappa shape index (κ2) is 12.3. The zero-order valence-corrected chi connectivity index (χ0v) is 18.9. The Bertz CT molecular complexity index is 899. The Morgan fingerprint density at radius 3 is 1.91 bits per heavy atom. The molecule has 2 aromatic carbocycles. The lowest BCUT2D eigenvalue weighted by Crippen LogP contribution is -2.57. The van der Waals surface area contributed by atoms with Crippen molar-refractivity contribution < 1.29 is 33.3 Å². The van der Waals surface area contributed by atoms with Gasteiger partial charge in [-0.2, -0.15) is 0 Å². The van der Waals surface area contributed by atoms with Gasteiger partial charge in [0, 0.05) is 19.8 Å². The van der Waals surface area contributed by atoms with Crippen molar-refractivity contribution in [1.29, 1.82) is 0 Å². The van der Waals surface area contributed by atoms with Crippen LogP contribution < -0.4 is 0 Å². The molecule has 0 aliphatic carbocycles. The number of benzene rings is 2. The minimum atomic E-state index is -1.01. The first-order valence-corrected chi connectivity index (χ1v) is 10.9. The molecule has 0 aromatic heterocycles. The fraction of sp³-hybridized carbons (Fsp3) is 0.385. The molecule has 7 nitrogen and oxygen atoms in total. The normalized spacial score (nSPS) is 24.6. The van der Waals surface area contributed by atoms with Gasteiger partial charge < -0.3 is 23.7 Å². The Hall–Kier alpha value is -3.00. The van der Waals surface area contributed by atoms with Crippen molar-refractivity contribution in [2.75, 3.05) is 6.61 Å². The van der Waals surface area contributed by atoms with Gasteiger partial charge in [-0.1, -0.05) is 66.7 Å². The predicted octanol–water partition coefficient (Wildman–Crippen LogP) is 3.81. The second-order valence-electron chi connectivity index (χ2n) is 7.79. The number of carbonyl (C=O) groups is 2. The van der Waals surface area contributed by atoms with Crippen LogP contribution in [-0.2, 0) is 46.5 Å². The molecule has 176 valence electrons. The first-order chi connectivity index (χ1) is 16.0. The number of esters is 2. The summed E-state index contributed by atoms with van der Waals surface area (Å²) < 4.78 is 29.1. The van der Waals surface area contributed by atoms with Crippen molar-refractivity contribution in [3.8, 4) is 0 Å². The first-order valence-electron chi connectivity index (χ1n) is 10.9. The van der Waals surface area contributed by atoms with Crippen molar-refractivity contribution >= 4 is 11.9 Å². The Morgan fingerprint density at radius 2 is 1.42 bits per heavy atom. The van der Waals surface area contributed by atoms with Crippen LogP contribution in [0.25, 0.3) is 0 Å². The minimum Gasteiger partial charge on any atom is -0.463 e. The summed E-state index contributed by atoms with van der Waals surface area (Å²) >= 11 is 0. The summed E-state index contributed by atoms with van der Waals surface area (Å²) in [5, 5.41) is 0. The average Bonchev–Trinajstić information content (AvgIpc) is 2.81. The van der Waals surface area contributed by atoms with E-state index in [1.165, 1.54) is 13.8 Å². The van der Waals surface area contributed by atoms with E-state index < -0.39 is 42.5 Å². The average molecular weight is 455 g/mol. The van der Waals surface area contributed by atoms with E-state index in [1.54, 1.807) is 6.08 Å². The van der Waals surface area contributed by atoms with Gasteiger partial charge in [0.25, 0.3) is 0 Å². The number of ether oxygens (including phenoxy) is 5. The maximum absolute atomic E-state index is 11.8. The number of hydrogen-bond donors (Lipinski definition) is 0. The first kappa shape index (κ1) is 24.6. The third kappa shape index (κ3) is 7.25. The SMILES string of the molecule is C=C[C@@H]1[C@H](OCc2ccccc2)[C@@H](OC(C)=O)O[C@H](COC(C)=O)[C@H]1OCc1ccccc1. The van der Waals surface area contributed by atoms with Crippen molar-refractivity contribution in [3.05, 3.63) is 84.4 Å². The highest BCUT2D eigenvalue weighted by Gasteiger charge is 2.48. The van der Waals surface area contributed by atoms with Gasteiger partial charge in [0.15, 0.2) is 0 Å². The molecule has 0 N–H and O–H groups in total. The van der Waals surface area contributed by atoms with Crippen LogP contribution in [0.4, 0.5) is 0 Å². The zero-order chi connectivity index (χ0) is 23.6. The van der Waals surface area contributed by atoms with Crippen LogP contribution in [-0.4, -0.2) is 43.1 Å². The third-order valence-corrected chi connectivity index (χ3v) is 5.28. The lowest BCUT2D eigenvalue weighted by molar-refractivity contribution is -0.293. The van der Waals surface area contributed by atoms with Crippen LogP contribution in [0, 0.1) is 5.92 Å². The molecule has 0 bridgehead atoms. The largest absolute Gasteiger partial charge is 0.463 e. The highest BCUT2D eigenvalue weighted by Crippen LogP contribution is 2.33. The minimum absolute atomic E-state index is 0.0533. The molecule has 1 aliphatic heterocycles. The van der Waals surface area contributed by atoms with Crippen LogP contribution in [0.5, 0.6) is 0 Å². The topological polar surface area (TPSA) is 80.3 Å². The lowest BCUT2D eigenvalue weighted by Gasteiger charge is -2.44. The van der Waals surface area contributed by atoms with Gasteiger partial charge in [-0.05, 0) is 11.1 Å². The maximum atomic E-state index is 11.8. The van der Waals surface area contributed by atoms with E-state index >= 15 is 0 Å². The fourth-order valence-electron chi connectivity index (χ4n) is 3.75. The molecule has 33 heavy (non-hydrogen) atoms. The van der Waals surface area contributed by atoms with Crippen molar-refractivity contribution in [1.82, 2.24) is 0 Å². The predicted molar refractivity (Wildman–Crippen MR) is 121 cm³/mol. The third-order valence-electron chi connectivity index (χ3n) is 5.28. The van der Waals surface area contributed by atoms with E-state index in [0.29, 0.717) is 6.61 Å². The van der Waals surface area contributed by atoms with Gasteiger partial charge in [-0.3, -0.25) is 9.59 Å². The summed E-state index contributed by atoms with van der Waals surface area (Å²) in [5.74, 6) is -1.34. The van der Waals surface area contributed by atoms with Gasteiger partial charge >= 0.3 is 11.9 Å². The Balaban J connectivity index is 1.83. The van der Waals surface area contributed by atoms with E-state index in [2.05, 4.69) is 6.58 Å². The molecule has 0 spiro atoms. The summed E-state index contributed by atoms with van der Waals surface area (Å²) in [6.45, 7) is 7.16. The quantitative estimate of drug-likeness (QED) is 0.399. The Kier molecular flexibility index (Phi) is 9.18. The number of rotatable bonds is 10. The molecule has 3 rings (SSSR count). The van der Waals surface area contributed by atoms with Crippen LogP contribution in [0.15, 0.2) is 73.3 Å². The molecular formula is C26H30O7. The van der Waals surface area contributed by atoms with Crippen LogP contribution in [0.2, 0.25) is 0 Å². The lowest BCUT2D eigenvalue weighted by atomic mass is 9.88. The maximum Gasteiger partial charge on any atom is 0.305 e. The molecule has 1 heterocycles. The molecule has 1 fully saturated rings. The molecule has 0 amide bonds. The van der Waals surface area contributed by atoms with Gasteiger partial charge in [-0.25, -0.2) is 0 Å². The molecular weight excluding hydrogens is 424 g/mol. The number of carbonyl (C=O) groups excluding carboxylic acids is 2. The highest BCUT2D eigenvalue weighted by molar-refractivity contribution is 5.66. The smallest absolute Gasteiger partial charge is 0.305 e. The fourth-order valence-corrected chi connectivity index (χ4v) is 3.75. The van der Waals surface area contributed by atoms with E-state index in [9.17, 15) is 9.59 Å². The molecule has 2 aromatic rings. The van der Waals surface area contributed by atoms with Gasteiger partial charge in [-0.15, -0.1) is 6.58 Å². The van der Waals surface area contributed by atoms with Gasteiger partial charge in [0.1, 0.15) is 18.8 Å². The van der Waals surface area contributed by atoms with Crippen LogP contribution in [0.1, 0.15) is 25.0 Å². The molecule has 0 unspecified atom stereocenters. The van der Waals surface area contributed by atoms with E-state index in [1.807, 2.05) is 60.7 Å². The van der Waals surface area contributed by atoms with Crippen molar-refractivity contribution in [3.63, 3.8) is 0 Å². The molecule has 0 radical (unpaired) electrons.